The molecule has 3 N–H and O–H groups in total. The maximum atomic E-state index is 12.4. The number of anilines is 2. The molecule has 6 heteroatoms. The van der Waals surface area contributed by atoms with Gasteiger partial charge in [0.05, 0.1) is 12.8 Å². The topological polar surface area (TPSA) is 82.8 Å². The second-order valence-corrected chi connectivity index (χ2v) is 5.95. The summed E-state index contributed by atoms with van der Waals surface area (Å²) in [6, 6.07) is 21.5. The van der Waals surface area contributed by atoms with E-state index in [1.54, 1.807) is 42.5 Å². The van der Waals surface area contributed by atoms with Crippen LogP contribution in [0, 0.1) is 0 Å². The van der Waals surface area contributed by atoms with E-state index in [1.165, 1.54) is 7.11 Å². The van der Waals surface area contributed by atoms with Gasteiger partial charge in [0.25, 0.3) is 5.91 Å². The molecule has 6 nitrogen and oxygen atoms in total. The van der Waals surface area contributed by atoms with Crippen LogP contribution in [0.2, 0.25) is 0 Å². The Morgan fingerprint density at radius 2 is 1.54 bits per heavy atom. The molecule has 28 heavy (non-hydrogen) atoms. The lowest BCUT2D eigenvalue weighted by molar-refractivity contribution is 0.102. The molecule has 0 spiro atoms. The summed E-state index contributed by atoms with van der Waals surface area (Å²) in [5.74, 6) is 1.73. The first-order chi connectivity index (χ1) is 13.7. The number of para-hydroxylation sites is 1. The van der Waals surface area contributed by atoms with Crippen LogP contribution in [-0.2, 0) is 0 Å². The van der Waals surface area contributed by atoms with Gasteiger partial charge in [-0.25, -0.2) is 0 Å². The lowest BCUT2D eigenvalue weighted by Crippen LogP contribution is -2.13. The Labute approximate surface area is 163 Å². The lowest BCUT2D eigenvalue weighted by atomic mass is 10.2. The fraction of sp³-hybridized carbons (Fsp3) is 0.136. The van der Waals surface area contributed by atoms with E-state index >= 15 is 0 Å². The quantitative estimate of drug-likeness (QED) is 0.457. The fourth-order valence-corrected chi connectivity index (χ4v) is 2.54. The van der Waals surface area contributed by atoms with Crippen molar-refractivity contribution in [1.82, 2.24) is 0 Å². The number of ether oxygens (including phenoxy) is 3. The molecule has 3 rings (SSSR count). The van der Waals surface area contributed by atoms with Gasteiger partial charge in [0.2, 0.25) is 0 Å². The summed E-state index contributed by atoms with van der Waals surface area (Å²) < 4.78 is 16.5. The van der Waals surface area contributed by atoms with Crippen molar-refractivity contribution in [3.8, 4) is 17.2 Å². The monoisotopic (exact) mass is 378 g/mol. The highest BCUT2D eigenvalue weighted by atomic mass is 16.5. The van der Waals surface area contributed by atoms with Crippen LogP contribution in [0.3, 0.4) is 0 Å². The maximum absolute atomic E-state index is 12.4. The molecule has 144 valence electrons. The molecule has 0 saturated heterocycles. The zero-order valence-electron chi connectivity index (χ0n) is 15.6. The maximum Gasteiger partial charge on any atom is 0.255 e. The molecule has 0 aliphatic heterocycles. The van der Waals surface area contributed by atoms with Crippen molar-refractivity contribution in [2.24, 2.45) is 0 Å². The van der Waals surface area contributed by atoms with Crippen LogP contribution in [0.25, 0.3) is 0 Å². The van der Waals surface area contributed by atoms with Gasteiger partial charge in [-0.05, 0) is 48.5 Å². The van der Waals surface area contributed by atoms with Crippen LogP contribution in [0.4, 0.5) is 11.4 Å². The van der Waals surface area contributed by atoms with Crippen molar-refractivity contribution in [2.45, 2.75) is 0 Å². The summed E-state index contributed by atoms with van der Waals surface area (Å²) in [6.07, 6.45) is 0. The Hall–Kier alpha value is -3.67. The standard InChI is InChI=1S/C22H22N2O4/c1-26-21-15-17(23)9-12-20(21)24-22(25)16-7-10-19(11-8-16)28-14-13-27-18-5-3-2-4-6-18/h2-12,15H,13-14,23H2,1H3,(H,24,25). The van der Waals surface area contributed by atoms with Crippen molar-refractivity contribution in [3.05, 3.63) is 78.4 Å². The minimum atomic E-state index is -0.248. The number of amides is 1. The van der Waals surface area contributed by atoms with E-state index in [1.807, 2.05) is 30.3 Å². The molecule has 1 amide bonds. The molecule has 0 saturated carbocycles. The number of nitrogens with two attached hydrogens (primary N) is 1. The number of carbonyl (C=O) groups is 1. The van der Waals surface area contributed by atoms with E-state index < -0.39 is 0 Å². The van der Waals surface area contributed by atoms with Gasteiger partial charge in [-0.2, -0.15) is 0 Å². The molecule has 0 heterocycles. The Balaban J connectivity index is 1.51. The number of hydrogen-bond donors (Lipinski definition) is 2. The molecule has 0 atom stereocenters. The number of benzene rings is 3. The summed E-state index contributed by atoms with van der Waals surface area (Å²) in [6.45, 7) is 0.840. The van der Waals surface area contributed by atoms with Crippen LogP contribution < -0.4 is 25.3 Å². The molecule has 0 aromatic heterocycles. The van der Waals surface area contributed by atoms with E-state index in [2.05, 4.69) is 5.32 Å². The van der Waals surface area contributed by atoms with Crippen LogP contribution in [0.15, 0.2) is 72.8 Å². The molecular weight excluding hydrogens is 356 g/mol. The largest absolute Gasteiger partial charge is 0.494 e. The highest BCUT2D eigenvalue weighted by Gasteiger charge is 2.10. The van der Waals surface area contributed by atoms with Gasteiger partial charge in [0.15, 0.2) is 0 Å². The third-order valence-electron chi connectivity index (χ3n) is 3.95. The Kier molecular flexibility index (Phi) is 6.36. The molecule has 3 aromatic rings. The average molecular weight is 378 g/mol. The number of rotatable bonds is 8. The smallest absolute Gasteiger partial charge is 0.255 e. The molecule has 0 bridgehead atoms. The number of carbonyl (C=O) groups excluding carboxylic acids is 1. The first-order valence-corrected chi connectivity index (χ1v) is 8.81. The van der Waals surface area contributed by atoms with Gasteiger partial charge < -0.3 is 25.3 Å². The van der Waals surface area contributed by atoms with Crippen LogP contribution >= 0.6 is 0 Å². The van der Waals surface area contributed by atoms with Crippen molar-refractivity contribution < 1.29 is 19.0 Å². The minimum Gasteiger partial charge on any atom is -0.494 e. The van der Waals surface area contributed by atoms with Crippen molar-refractivity contribution >= 4 is 17.3 Å². The number of methoxy groups -OCH3 is 1. The van der Waals surface area contributed by atoms with Crippen molar-refractivity contribution in [2.75, 3.05) is 31.4 Å². The van der Waals surface area contributed by atoms with E-state index in [9.17, 15) is 4.79 Å². The summed E-state index contributed by atoms with van der Waals surface area (Å²) in [7, 11) is 1.53. The Morgan fingerprint density at radius 3 is 2.18 bits per heavy atom. The van der Waals surface area contributed by atoms with Crippen LogP contribution in [-0.4, -0.2) is 26.2 Å². The molecule has 0 fully saturated rings. The summed E-state index contributed by atoms with van der Waals surface area (Å²) >= 11 is 0. The lowest BCUT2D eigenvalue weighted by Gasteiger charge is -2.11. The molecule has 0 aliphatic carbocycles. The van der Waals surface area contributed by atoms with Crippen LogP contribution in [0.1, 0.15) is 10.4 Å². The number of nitrogens with one attached hydrogen (secondary N) is 1. The van der Waals surface area contributed by atoms with Crippen LogP contribution in [0.5, 0.6) is 17.2 Å². The predicted octanol–water partition coefficient (Wildman–Crippen LogP) is 3.99. The van der Waals surface area contributed by atoms with E-state index in [0.29, 0.717) is 41.7 Å². The van der Waals surface area contributed by atoms with E-state index in [-0.39, 0.29) is 5.91 Å². The molecule has 0 unspecified atom stereocenters. The van der Waals surface area contributed by atoms with Gasteiger partial charge in [0, 0.05) is 17.3 Å². The second-order valence-electron chi connectivity index (χ2n) is 5.95. The third-order valence-corrected chi connectivity index (χ3v) is 3.95. The van der Waals surface area contributed by atoms with Gasteiger partial charge in [-0.3, -0.25) is 4.79 Å². The van der Waals surface area contributed by atoms with Gasteiger partial charge in [-0.1, -0.05) is 18.2 Å². The highest BCUT2D eigenvalue weighted by molar-refractivity contribution is 6.05. The second kappa shape index (κ2) is 9.32. The molecule has 0 radical (unpaired) electrons. The Bertz CT molecular complexity index is 912. The predicted molar refractivity (Wildman–Crippen MR) is 109 cm³/mol. The number of hydrogen-bond acceptors (Lipinski definition) is 5. The summed E-state index contributed by atoms with van der Waals surface area (Å²) in [5.41, 5.74) is 7.35. The normalized spacial score (nSPS) is 10.2. The summed E-state index contributed by atoms with van der Waals surface area (Å²) in [4.78, 5) is 12.4. The molecule has 3 aromatic carbocycles. The summed E-state index contributed by atoms with van der Waals surface area (Å²) in [5, 5.41) is 2.81. The fourth-order valence-electron chi connectivity index (χ4n) is 2.54. The van der Waals surface area contributed by atoms with E-state index in [0.717, 1.165) is 5.75 Å². The molecule has 0 aliphatic rings. The average Bonchev–Trinajstić information content (AvgIpc) is 2.73. The molecular formula is C22H22N2O4. The van der Waals surface area contributed by atoms with Gasteiger partial charge in [0.1, 0.15) is 30.5 Å². The third kappa shape index (κ3) is 5.17. The first-order valence-electron chi connectivity index (χ1n) is 8.81. The Morgan fingerprint density at radius 1 is 0.893 bits per heavy atom. The van der Waals surface area contributed by atoms with Crippen molar-refractivity contribution in [1.29, 1.82) is 0 Å². The minimum absolute atomic E-state index is 0.248. The highest BCUT2D eigenvalue weighted by Crippen LogP contribution is 2.27. The first kappa shape index (κ1) is 19.1. The number of nitrogen functional groups attached to an aromatic ring is 1. The van der Waals surface area contributed by atoms with Gasteiger partial charge >= 0.3 is 0 Å². The zero-order valence-corrected chi connectivity index (χ0v) is 15.6. The van der Waals surface area contributed by atoms with Gasteiger partial charge in [-0.15, -0.1) is 0 Å². The van der Waals surface area contributed by atoms with E-state index in [4.69, 9.17) is 19.9 Å². The SMILES string of the molecule is COc1cc(N)ccc1NC(=O)c1ccc(OCCOc2ccccc2)cc1. The zero-order chi connectivity index (χ0) is 19.8. The van der Waals surface area contributed by atoms with Crippen molar-refractivity contribution in [3.63, 3.8) is 0 Å².